The lowest BCUT2D eigenvalue weighted by Crippen LogP contribution is -2.45. The smallest absolute Gasteiger partial charge is 0.272 e. The molecule has 100 valence electrons. The molecule has 19 heavy (non-hydrogen) atoms. The first-order valence-electron chi connectivity index (χ1n) is 6.96. The van der Waals surface area contributed by atoms with Crippen molar-refractivity contribution in [2.45, 2.75) is 38.6 Å². The van der Waals surface area contributed by atoms with Gasteiger partial charge in [0, 0.05) is 11.5 Å². The predicted octanol–water partition coefficient (Wildman–Crippen LogP) is 2.25. The van der Waals surface area contributed by atoms with Gasteiger partial charge in [0.05, 0.1) is 6.54 Å². The van der Waals surface area contributed by atoms with Gasteiger partial charge in [-0.1, -0.05) is 37.5 Å². The van der Waals surface area contributed by atoms with Crippen LogP contribution in [0.25, 0.3) is 0 Å². The summed E-state index contributed by atoms with van der Waals surface area (Å²) in [6.07, 6.45) is 5.35. The third kappa shape index (κ3) is 2.35. The van der Waals surface area contributed by atoms with Gasteiger partial charge in [-0.25, -0.2) is 5.01 Å². The lowest BCUT2D eigenvalue weighted by atomic mass is 9.89. The maximum Gasteiger partial charge on any atom is 0.272 e. The van der Waals surface area contributed by atoms with E-state index in [1.54, 1.807) is 0 Å². The minimum Gasteiger partial charge on any atom is -0.273 e. The van der Waals surface area contributed by atoms with Crippen LogP contribution in [-0.4, -0.2) is 16.8 Å². The van der Waals surface area contributed by atoms with Crippen molar-refractivity contribution >= 4 is 11.8 Å². The van der Waals surface area contributed by atoms with Crippen LogP contribution in [-0.2, 0) is 11.3 Å². The Morgan fingerprint density at radius 1 is 1.16 bits per heavy atom. The Morgan fingerprint density at radius 3 is 2.63 bits per heavy atom. The number of hydrazine groups is 1. The Kier molecular flexibility index (Phi) is 3.23. The average molecular weight is 258 g/mol. The summed E-state index contributed by atoms with van der Waals surface area (Å²) in [5.41, 5.74) is 4.47. The molecule has 0 aromatic heterocycles. The number of benzene rings is 1. The van der Waals surface area contributed by atoms with Gasteiger partial charge < -0.3 is 0 Å². The Morgan fingerprint density at radius 2 is 1.89 bits per heavy atom. The van der Waals surface area contributed by atoms with Gasteiger partial charge >= 0.3 is 0 Å². The number of amides is 2. The fourth-order valence-corrected chi connectivity index (χ4v) is 2.93. The molecule has 1 N–H and O–H groups in total. The molecule has 4 nitrogen and oxygen atoms in total. The topological polar surface area (TPSA) is 49.4 Å². The molecule has 3 rings (SSSR count). The zero-order valence-corrected chi connectivity index (χ0v) is 10.9. The third-order valence-electron chi connectivity index (χ3n) is 4.04. The number of fused-ring (bicyclic) bond motifs is 1. The van der Waals surface area contributed by atoms with E-state index in [-0.39, 0.29) is 17.7 Å². The van der Waals surface area contributed by atoms with Crippen molar-refractivity contribution in [3.63, 3.8) is 0 Å². The van der Waals surface area contributed by atoms with Crippen LogP contribution < -0.4 is 5.43 Å². The van der Waals surface area contributed by atoms with E-state index in [1.807, 2.05) is 24.3 Å². The average Bonchev–Trinajstić information content (AvgIpc) is 2.77. The van der Waals surface area contributed by atoms with Gasteiger partial charge in [0.25, 0.3) is 5.91 Å². The molecule has 0 unspecified atom stereocenters. The number of nitrogens with one attached hydrogen (secondary N) is 1. The van der Waals surface area contributed by atoms with Gasteiger partial charge in [0.2, 0.25) is 5.91 Å². The maximum absolute atomic E-state index is 12.1. The summed E-state index contributed by atoms with van der Waals surface area (Å²) < 4.78 is 0. The van der Waals surface area contributed by atoms with Crippen LogP contribution in [0.4, 0.5) is 0 Å². The van der Waals surface area contributed by atoms with Crippen LogP contribution in [0.2, 0.25) is 0 Å². The Balaban J connectivity index is 1.66. The molecule has 0 saturated heterocycles. The first-order valence-corrected chi connectivity index (χ1v) is 6.96. The second kappa shape index (κ2) is 5.03. The van der Waals surface area contributed by atoms with E-state index in [0.717, 1.165) is 31.2 Å². The van der Waals surface area contributed by atoms with Crippen LogP contribution in [0.15, 0.2) is 24.3 Å². The van der Waals surface area contributed by atoms with Crippen LogP contribution in [0.5, 0.6) is 0 Å². The van der Waals surface area contributed by atoms with E-state index in [9.17, 15) is 9.59 Å². The predicted molar refractivity (Wildman–Crippen MR) is 71.0 cm³/mol. The number of rotatable bonds is 2. The quantitative estimate of drug-likeness (QED) is 0.884. The van der Waals surface area contributed by atoms with Crippen molar-refractivity contribution in [1.82, 2.24) is 10.4 Å². The third-order valence-corrected chi connectivity index (χ3v) is 4.04. The zero-order valence-electron chi connectivity index (χ0n) is 10.9. The van der Waals surface area contributed by atoms with Gasteiger partial charge in [-0.05, 0) is 24.5 Å². The summed E-state index contributed by atoms with van der Waals surface area (Å²) in [7, 11) is 0. The molecule has 1 aromatic rings. The van der Waals surface area contributed by atoms with Crippen molar-refractivity contribution in [3.05, 3.63) is 35.4 Å². The first-order chi connectivity index (χ1) is 9.25. The van der Waals surface area contributed by atoms with Crippen LogP contribution in [0.1, 0.15) is 48.0 Å². The minimum atomic E-state index is -0.0974. The van der Waals surface area contributed by atoms with Gasteiger partial charge in [-0.3, -0.25) is 15.0 Å². The maximum atomic E-state index is 12.1. The Hall–Kier alpha value is -1.84. The molecule has 1 aromatic carbocycles. The standard InChI is InChI=1S/C15H18N2O2/c18-14(11-6-2-1-3-7-11)16-17-10-12-8-4-5-9-13(12)15(17)19/h4-5,8-9,11H,1-3,6-7,10H2,(H,16,18). The summed E-state index contributed by atoms with van der Waals surface area (Å²) in [5.74, 6) is -0.0223. The minimum absolute atomic E-state index is 0.000793. The number of hydrogen-bond acceptors (Lipinski definition) is 2. The van der Waals surface area contributed by atoms with Crippen molar-refractivity contribution in [2.24, 2.45) is 5.92 Å². The summed E-state index contributed by atoms with van der Waals surface area (Å²) >= 11 is 0. The molecule has 1 saturated carbocycles. The van der Waals surface area contributed by atoms with Crippen molar-refractivity contribution in [1.29, 1.82) is 0 Å². The molecular weight excluding hydrogens is 240 g/mol. The number of carbonyl (C=O) groups is 2. The van der Waals surface area contributed by atoms with Crippen molar-refractivity contribution in [3.8, 4) is 0 Å². The molecule has 4 heteroatoms. The molecule has 1 heterocycles. The normalized spacial score (nSPS) is 19.4. The summed E-state index contributed by atoms with van der Waals surface area (Å²) in [4.78, 5) is 24.3. The SMILES string of the molecule is O=C(NN1Cc2ccccc2C1=O)C1CCCCC1. The fraction of sp³-hybridized carbons (Fsp3) is 0.467. The fourth-order valence-electron chi connectivity index (χ4n) is 2.93. The molecule has 2 amide bonds. The van der Waals surface area contributed by atoms with E-state index < -0.39 is 0 Å². The highest BCUT2D eigenvalue weighted by molar-refractivity contribution is 5.99. The monoisotopic (exact) mass is 258 g/mol. The molecule has 0 radical (unpaired) electrons. The number of nitrogens with zero attached hydrogens (tertiary/aromatic N) is 1. The van der Waals surface area contributed by atoms with Gasteiger partial charge in [0.1, 0.15) is 0 Å². The van der Waals surface area contributed by atoms with E-state index in [2.05, 4.69) is 5.43 Å². The molecule has 1 aliphatic heterocycles. The van der Waals surface area contributed by atoms with Gasteiger partial charge in [0.15, 0.2) is 0 Å². The molecule has 1 fully saturated rings. The van der Waals surface area contributed by atoms with Crippen LogP contribution in [0, 0.1) is 5.92 Å². The molecule has 0 spiro atoms. The molecule has 0 atom stereocenters. The van der Waals surface area contributed by atoms with Crippen molar-refractivity contribution in [2.75, 3.05) is 0 Å². The Bertz CT molecular complexity index is 507. The van der Waals surface area contributed by atoms with Crippen LogP contribution >= 0.6 is 0 Å². The number of hydrogen-bond donors (Lipinski definition) is 1. The molecule has 2 aliphatic rings. The Labute approximate surface area is 112 Å². The largest absolute Gasteiger partial charge is 0.273 e. The molecular formula is C15H18N2O2. The van der Waals surface area contributed by atoms with Crippen LogP contribution in [0.3, 0.4) is 0 Å². The van der Waals surface area contributed by atoms with Gasteiger partial charge in [-0.2, -0.15) is 0 Å². The van der Waals surface area contributed by atoms with E-state index in [4.69, 9.17) is 0 Å². The van der Waals surface area contributed by atoms with E-state index in [1.165, 1.54) is 11.4 Å². The highest BCUT2D eigenvalue weighted by atomic mass is 16.2. The lowest BCUT2D eigenvalue weighted by Gasteiger charge is -2.24. The number of carbonyl (C=O) groups excluding carboxylic acids is 2. The highest BCUT2D eigenvalue weighted by Gasteiger charge is 2.30. The zero-order chi connectivity index (χ0) is 13.2. The highest BCUT2D eigenvalue weighted by Crippen LogP contribution is 2.25. The van der Waals surface area contributed by atoms with E-state index in [0.29, 0.717) is 12.1 Å². The molecule has 1 aliphatic carbocycles. The summed E-state index contributed by atoms with van der Waals surface area (Å²) in [6, 6.07) is 7.51. The lowest BCUT2D eigenvalue weighted by molar-refractivity contribution is -0.130. The second-order valence-electron chi connectivity index (χ2n) is 5.36. The summed E-state index contributed by atoms with van der Waals surface area (Å²) in [6.45, 7) is 0.480. The molecule has 0 bridgehead atoms. The van der Waals surface area contributed by atoms with Crippen molar-refractivity contribution < 1.29 is 9.59 Å². The van der Waals surface area contributed by atoms with Gasteiger partial charge in [-0.15, -0.1) is 0 Å². The second-order valence-corrected chi connectivity index (χ2v) is 5.36. The first kappa shape index (κ1) is 12.2. The summed E-state index contributed by atoms with van der Waals surface area (Å²) in [5, 5.41) is 1.45. The van der Waals surface area contributed by atoms with E-state index >= 15 is 0 Å².